The number of amides is 1. The fourth-order valence-corrected chi connectivity index (χ4v) is 2.96. The van der Waals surface area contributed by atoms with Gasteiger partial charge >= 0.3 is 0 Å². The lowest BCUT2D eigenvalue weighted by Gasteiger charge is -2.14. The van der Waals surface area contributed by atoms with Crippen LogP contribution in [0.5, 0.6) is 11.5 Å². The van der Waals surface area contributed by atoms with E-state index in [1.54, 1.807) is 58.7 Å². The summed E-state index contributed by atoms with van der Waals surface area (Å²) in [4.78, 5) is 26.0. The second-order valence-electron chi connectivity index (χ2n) is 6.60. The van der Waals surface area contributed by atoms with Crippen LogP contribution in [0.3, 0.4) is 0 Å². The molecule has 148 valence electrons. The van der Waals surface area contributed by atoms with E-state index in [1.807, 2.05) is 12.1 Å². The molecule has 0 aliphatic heterocycles. The zero-order valence-corrected chi connectivity index (χ0v) is 17.1. The van der Waals surface area contributed by atoms with E-state index < -0.39 is 0 Å². The van der Waals surface area contributed by atoms with Gasteiger partial charge in [0.2, 0.25) is 0 Å². The van der Waals surface area contributed by atoms with Crippen LogP contribution in [0.4, 0.5) is 0 Å². The summed E-state index contributed by atoms with van der Waals surface area (Å²) in [6.45, 7) is 2.10. The van der Waals surface area contributed by atoms with Crippen molar-refractivity contribution in [2.45, 2.75) is 19.8 Å². The minimum absolute atomic E-state index is 0.100. The van der Waals surface area contributed by atoms with E-state index in [-0.39, 0.29) is 11.7 Å². The molecule has 2 aromatic carbocycles. The van der Waals surface area contributed by atoms with E-state index in [9.17, 15) is 9.59 Å². The van der Waals surface area contributed by atoms with Gasteiger partial charge in [0.05, 0.1) is 19.8 Å². The first kappa shape index (κ1) is 21.2. The molecule has 0 aliphatic carbocycles. The largest absolute Gasteiger partial charge is 0.496 e. The maximum Gasteiger partial charge on any atom is 0.253 e. The molecule has 0 bridgehead atoms. The summed E-state index contributed by atoms with van der Waals surface area (Å²) in [5, 5.41) is 0. The van der Waals surface area contributed by atoms with Gasteiger partial charge in [0.15, 0.2) is 5.78 Å². The Balaban J connectivity index is 2.31. The normalized spacial score (nSPS) is 10.8. The van der Waals surface area contributed by atoms with Crippen LogP contribution < -0.4 is 9.47 Å². The first-order valence-corrected chi connectivity index (χ1v) is 9.20. The predicted octanol–water partition coefficient (Wildman–Crippen LogP) is 4.25. The van der Waals surface area contributed by atoms with Crippen molar-refractivity contribution in [2.24, 2.45) is 0 Å². The number of benzene rings is 2. The van der Waals surface area contributed by atoms with E-state index in [0.29, 0.717) is 16.9 Å². The fraction of sp³-hybridized carbons (Fsp3) is 0.304. The number of aryl methyl sites for hydroxylation is 1. The van der Waals surface area contributed by atoms with E-state index in [0.717, 1.165) is 29.7 Å². The Morgan fingerprint density at radius 2 is 1.61 bits per heavy atom. The van der Waals surface area contributed by atoms with Crippen LogP contribution in [-0.2, 0) is 6.42 Å². The fourth-order valence-electron chi connectivity index (χ4n) is 2.96. The molecular weight excluding hydrogens is 354 g/mol. The van der Waals surface area contributed by atoms with Crippen LogP contribution in [0.25, 0.3) is 6.08 Å². The lowest BCUT2D eigenvalue weighted by atomic mass is 10.0. The van der Waals surface area contributed by atoms with Crippen molar-refractivity contribution in [3.63, 3.8) is 0 Å². The van der Waals surface area contributed by atoms with Gasteiger partial charge in [-0.25, -0.2) is 0 Å². The average molecular weight is 381 g/mol. The standard InChI is InChI=1S/C23H27NO4/c1-6-7-17-12-15-21(27-4)19(22(17)28-5)13-14-20(25)16-8-10-18(11-9-16)23(26)24(2)3/h8-15H,6-7H2,1-5H3/b14-13+. The molecule has 0 atom stereocenters. The molecule has 0 aliphatic rings. The third-order valence-corrected chi connectivity index (χ3v) is 4.40. The lowest BCUT2D eigenvalue weighted by molar-refractivity contribution is 0.0827. The second kappa shape index (κ2) is 9.74. The number of methoxy groups -OCH3 is 2. The molecule has 0 N–H and O–H groups in total. The smallest absolute Gasteiger partial charge is 0.253 e. The number of hydrogen-bond acceptors (Lipinski definition) is 4. The zero-order chi connectivity index (χ0) is 20.7. The highest BCUT2D eigenvalue weighted by Crippen LogP contribution is 2.34. The van der Waals surface area contributed by atoms with Crippen molar-refractivity contribution in [1.29, 1.82) is 0 Å². The number of ether oxygens (including phenoxy) is 2. The summed E-state index contributed by atoms with van der Waals surface area (Å²) in [6.07, 6.45) is 5.09. The molecule has 0 unspecified atom stereocenters. The van der Waals surface area contributed by atoms with Crippen molar-refractivity contribution in [3.8, 4) is 11.5 Å². The average Bonchev–Trinajstić information content (AvgIpc) is 2.71. The van der Waals surface area contributed by atoms with Gasteiger partial charge in [-0.05, 0) is 42.3 Å². The Morgan fingerprint density at radius 1 is 0.964 bits per heavy atom. The third-order valence-electron chi connectivity index (χ3n) is 4.40. The summed E-state index contributed by atoms with van der Waals surface area (Å²) >= 11 is 0. The van der Waals surface area contributed by atoms with E-state index in [1.165, 1.54) is 11.0 Å². The Bertz CT molecular complexity index is 867. The van der Waals surface area contributed by atoms with Gasteiger partial charge in [-0.15, -0.1) is 0 Å². The van der Waals surface area contributed by atoms with Gasteiger partial charge in [-0.1, -0.05) is 31.5 Å². The molecule has 0 saturated heterocycles. The van der Waals surface area contributed by atoms with Gasteiger partial charge in [0.1, 0.15) is 11.5 Å². The van der Waals surface area contributed by atoms with Crippen molar-refractivity contribution >= 4 is 17.8 Å². The molecule has 5 nitrogen and oxygen atoms in total. The first-order valence-electron chi connectivity index (χ1n) is 9.20. The molecule has 5 heteroatoms. The molecule has 28 heavy (non-hydrogen) atoms. The van der Waals surface area contributed by atoms with Gasteiger partial charge in [-0.2, -0.15) is 0 Å². The molecule has 1 amide bonds. The molecule has 2 aromatic rings. The van der Waals surface area contributed by atoms with Gasteiger partial charge < -0.3 is 14.4 Å². The summed E-state index contributed by atoms with van der Waals surface area (Å²) < 4.78 is 11.0. The number of carbonyl (C=O) groups is 2. The Kier molecular flexibility index (Phi) is 7.38. The molecule has 2 rings (SSSR count). The highest BCUT2D eigenvalue weighted by molar-refractivity contribution is 6.07. The van der Waals surface area contributed by atoms with E-state index in [4.69, 9.17) is 9.47 Å². The summed E-state index contributed by atoms with van der Waals surface area (Å²) in [5.74, 6) is 1.11. The summed E-state index contributed by atoms with van der Waals surface area (Å²) in [6, 6.07) is 10.5. The van der Waals surface area contributed by atoms with Gasteiger partial charge in [0.25, 0.3) is 5.91 Å². The Labute approximate surface area is 166 Å². The molecule has 0 radical (unpaired) electrons. The monoisotopic (exact) mass is 381 g/mol. The van der Waals surface area contributed by atoms with Crippen molar-refractivity contribution in [3.05, 3.63) is 64.7 Å². The molecule has 0 fully saturated rings. The van der Waals surface area contributed by atoms with Crippen LogP contribution >= 0.6 is 0 Å². The lowest BCUT2D eigenvalue weighted by Crippen LogP contribution is -2.21. The molecule has 0 heterocycles. The third kappa shape index (κ3) is 4.80. The van der Waals surface area contributed by atoms with E-state index >= 15 is 0 Å². The SMILES string of the molecule is CCCc1ccc(OC)c(/C=C/C(=O)c2ccc(C(=O)N(C)C)cc2)c1OC. The van der Waals surface area contributed by atoms with Crippen molar-refractivity contribution < 1.29 is 19.1 Å². The Hall–Kier alpha value is -3.08. The maximum absolute atomic E-state index is 12.6. The van der Waals surface area contributed by atoms with Crippen LogP contribution in [0.15, 0.2) is 42.5 Å². The number of carbonyl (C=O) groups excluding carboxylic acids is 2. The topological polar surface area (TPSA) is 55.8 Å². The second-order valence-corrected chi connectivity index (χ2v) is 6.60. The summed E-state index contributed by atoms with van der Waals surface area (Å²) in [5.41, 5.74) is 2.86. The van der Waals surface area contributed by atoms with E-state index in [2.05, 4.69) is 6.92 Å². The van der Waals surface area contributed by atoms with Crippen molar-refractivity contribution in [2.75, 3.05) is 28.3 Å². The van der Waals surface area contributed by atoms with Crippen LogP contribution in [0.1, 0.15) is 45.2 Å². The molecule has 0 saturated carbocycles. The highest BCUT2D eigenvalue weighted by Gasteiger charge is 2.13. The minimum Gasteiger partial charge on any atom is -0.496 e. The highest BCUT2D eigenvalue weighted by atomic mass is 16.5. The Morgan fingerprint density at radius 3 is 2.14 bits per heavy atom. The first-order chi connectivity index (χ1) is 13.4. The number of hydrogen-bond donors (Lipinski definition) is 0. The summed E-state index contributed by atoms with van der Waals surface area (Å²) in [7, 11) is 6.59. The molecule has 0 spiro atoms. The number of rotatable bonds is 8. The maximum atomic E-state index is 12.6. The van der Waals surface area contributed by atoms with Gasteiger partial charge in [0, 0.05) is 25.2 Å². The van der Waals surface area contributed by atoms with Gasteiger partial charge in [-0.3, -0.25) is 9.59 Å². The number of ketones is 1. The molecular formula is C23H27NO4. The quantitative estimate of drug-likeness (QED) is 0.507. The van der Waals surface area contributed by atoms with Crippen LogP contribution in [-0.4, -0.2) is 44.9 Å². The van der Waals surface area contributed by atoms with Crippen molar-refractivity contribution in [1.82, 2.24) is 4.90 Å². The zero-order valence-electron chi connectivity index (χ0n) is 17.1. The number of allylic oxidation sites excluding steroid dienone is 1. The van der Waals surface area contributed by atoms with Crippen LogP contribution in [0, 0.1) is 0 Å². The number of nitrogens with zero attached hydrogens (tertiary/aromatic N) is 1. The predicted molar refractivity (Wildman–Crippen MR) is 111 cm³/mol. The minimum atomic E-state index is -0.158. The van der Waals surface area contributed by atoms with Crippen LogP contribution in [0.2, 0.25) is 0 Å². The molecule has 0 aromatic heterocycles.